The van der Waals surface area contributed by atoms with Gasteiger partial charge in [-0.15, -0.1) is 0 Å². The Balaban J connectivity index is 2.23. The highest BCUT2D eigenvalue weighted by Crippen LogP contribution is 2.49. The minimum atomic E-state index is -3.08. The third kappa shape index (κ3) is 4.93. The average Bonchev–Trinajstić information content (AvgIpc) is 2.70. The van der Waals surface area contributed by atoms with Crippen LogP contribution in [0.1, 0.15) is 46.0 Å². The molecule has 26 heavy (non-hydrogen) atoms. The number of carbonyl (C=O) groups is 1. The molecule has 0 amide bonds. The molecule has 2 unspecified atom stereocenters. The molecule has 0 saturated carbocycles. The lowest BCUT2D eigenvalue weighted by molar-refractivity contribution is -0.119. The van der Waals surface area contributed by atoms with Crippen LogP contribution in [0.5, 0.6) is 0 Å². The van der Waals surface area contributed by atoms with Gasteiger partial charge in [0.15, 0.2) is 7.14 Å². The van der Waals surface area contributed by atoms with Crippen LogP contribution in [-0.2, 0) is 9.36 Å². The Morgan fingerprint density at radius 3 is 1.92 bits per heavy atom. The number of aliphatic hydroxyl groups excluding tert-OH is 1. The Labute approximate surface area is 156 Å². The quantitative estimate of drug-likeness (QED) is 0.633. The first-order valence-electron chi connectivity index (χ1n) is 9.41. The van der Waals surface area contributed by atoms with Gasteiger partial charge >= 0.3 is 0 Å². The average molecular weight is 372 g/mol. The van der Waals surface area contributed by atoms with Gasteiger partial charge in [0.2, 0.25) is 0 Å². The lowest BCUT2D eigenvalue weighted by Crippen LogP contribution is -2.30. The number of carbonyl (C=O) groups excluding carboxylic acids is 1. The highest BCUT2D eigenvalue weighted by molar-refractivity contribution is 7.80. The van der Waals surface area contributed by atoms with Gasteiger partial charge in [0.1, 0.15) is 5.78 Å². The van der Waals surface area contributed by atoms with E-state index in [-0.39, 0.29) is 12.2 Å². The van der Waals surface area contributed by atoms with Crippen LogP contribution in [0.2, 0.25) is 0 Å². The van der Waals surface area contributed by atoms with Gasteiger partial charge in [-0.1, -0.05) is 80.4 Å². The molecule has 2 atom stereocenters. The molecule has 2 aromatic rings. The van der Waals surface area contributed by atoms with Crippen LogP contribution < -0.4 is 10.6 Å². The minimum absolute atomic E-state index is 0.0448. The number of hydrogen-bond acceptors (Lipinski definition) is 3. The molecule has 0 heterocycles. The highest BCUT2D eigenvalue weighted by atomic mass is 31.2. The minimum Gasteiger partial charge on any atom is -0.393 e. The molecule has 0 aromatic heterocycles. The van der Waals surface area contributed by atoms with Gasteiger partial charge in [-0.2, -0.15) is 0 Å². The van der Waals surface area contributed by atoms with E-state index in [0.717, 1.165) is 12.8 Å². The van der Waals surface area contributed by atoms with Gasteiger partial charge in [-0.3, -0.25) is 4.79 Å². The van der Waals surface area contributed by atoms with Gasteiger partial charge < -0.3 is 9.67 Å². The zero-order valence-electron chi connectivity index (χ0n) is 15.7. The van der Waals surface area contributed by atoms with E-state index in [1.54, 1.807) is 6.92 Å². The normalized spacial score (nSPS) is 14.0. The standard InChI is InChI=1S/C22H29O3P/c1-3-4-11-19(23)16-17-22(24)18(2)26(25,20-12-7-5-8-13-20)21-14-9-6-10-15-21/h5-10,12-15,18-19,23H,3-4,11,16-17H2,1-2H3. The Bertz CT molecular complexity index is 684. The molecule has 4 heteroatoms. The molecule has 0 aliphatic rings. The maximum atomic E-state index is 14.1. The molecule has 0 spiro atoms. The van der Waals surface area contributed by atoms with Crippen molar-refractivity contribution in [3.05, 3.63) is 60.7 Å². The molecule has 0 aliphatic carbocycles. The smallest absolute Gasteiger partial charge is 0.153 e. The van der Waals surface area contributed by atoms with Crippen molar-refractivity contribution in [3.63, 3.8) is 0 Å². The number of Topliss-reactive ketones (excluding diaryl/α,β-unsaturated/α-hetero) is 1. The number of rotatable bonds is 10. The van der Waals surface area contributed by atoms with E-state index in [2.05, 4.69) is 6.92 Å². The second-order valence-corrected chi connectivity index (χ2v) is 9.93. The summed E-state index contributed by atoms with van der Waals surface area (Å²) in [5.41, 5.74) is -0.606. The molecular formula is C22H29O3P. The maximum absolute atomic E-state index is 14.1. The molecular weight excluding hydrogens is 343 g/mol. The van der Waals surface area contributed by atoms with Crippen molar-refractivity contribution in [2.45, 2.75) is 57.7 Å². The molecule has 0 aliphatic heterocycles. The third-order valence-corrected chi connectivity index (χ3v) is 8.42. The van der Waals surface area contributed by atoms with Crippen molar-refractivity contribution in [3.8, 4) is 0 Å². The molecule has 0 saturated heterocycles. The number of benzene rings is 2. The monoisotopic (exact) mass is 372 g/mol. The Morgan fingerprint density at radius 1 is 0.962 bits per heavy atom. The topological polar surface area (TPSA) is 54.4 Å². The molecule has 2 aromatic carbocycles. The predicted octanol–water partition coefficient (Wildman–Crippen LogP) is 4.29. The number of hydrogen-bond donors (Lipinski definition) is 1. The Morgan fingerprint density at radius 2 is 1.46 bits per heavy atom. The summed E-state index contributed by atoms with van der Waals surface area (Å²) in [4.78, 5) is 12.8. The highest BCUT2D eigenvalue weighted by Gasteiger charge is 2.37. The first-order chi connectivity index (χ1) is 12.5. The summed E-state index contributed by atoms with van der Waals surface area (Å²) in [7, 11) is -3.08. The van der Waals surface area contributed by atoms with Crippen LogP contribution >= 0.6 is 7.14 Å². The molecule has 1 N–H and O–H groups in total. The summed E-state index contributed by atoms with van der Waals surface area (Å²) in [6, 6.07) is 18.6. The van der Waals surface area contributed by atoms with Crippen LogP contribution in [0, 0.1) is 0 Å². The zero-order chi connectivity index (χ0) is 19.0. The summed E-state index contributed by atoms with van der Waals surface area (Å²) >= 11 is 0. The number of ketones is 1. The van der Waals surface area contributed by atoms with Crippen molar-refractivity contribution in [2.24, 2.45) is 0 Å². The largest absolute Gasteiger partial charge is 0.393 e. The fourth-order valence-electron chi connectivity index (χ4n) is 3.20. The summed E-state index contributed by atoms with van der Waals surface area (Å²) in [5, 5.41) is 11.4. The van der Waals surface area contributed by atoms with Gasteiger partial charge in [-0.25, -0.2) is 0 Å². The predicted molar refractivity (Wildman–Crippen MR) is 109 cm³/mol. The summed E-state index contributed by atoms with van der Waals surface area (Å²) in [5.74, 6) is -0.0448. The lowest BCUT2D eigenvalue weighted by atomic mass is 10.0. The third-order valence-electron chi connectivity index (χ3n) is 4.91. The molecule has 2 rings (SSSR count). The van der Waals surface area contributed by atoms with Crippen molar-refractivity contribution >= 4 is 23.5 Å². The van der Waals surface area contributed by atoms with E-state index in [1.807, 2.05) is 60.7 Å². The number of unbranched alkanes of at least 4 members (excludes halogenated alkanes) is 1. The zero-order valence-corrected chi connectivity index (χ0v) is 16.6. The van der Waals surface area contributed by atoms with Gasteiger partial charge in [0.05, 0.1) is 11.8 Å². The second-order valence-electron chi connectivity index (χ2n) is 6.81. The van der Waals surface area contributed by atoms with Gasteiger partial charge in [0.25, 0.3) is 0 Å². The van der Waals surface area contributed by atoms with Crippen LogP contribution in [0.15, 0.2) is 60.7 Å². The van der Waals surface area contributed by atoms with Crippen molar-refractivity contribution in [1.82, 2.24) is 0 Å². The summed E-state index contributed by atoms with van der Waals surface area (Å²) in [6.45, 7) is 3.84. The molecule has 3 nitrogen and oxygen atoms in total. The van der Waals surface area contributed by atoms with Crippen LogP contribution in [0.3, 0.4) is 0 Å². The van der Waals surface area contributed by atoms with Crippen molar-refractivity contribution < 1.29 is 14.5 Å². The maximum Gasteiger partial charge on any atom is 0.153 e. The molecule has 0 fully saturated rings. The summed E-state index contributed by atoms with van der Waals surface area (Å²) in [6.07, 6.45) is 2.94. The second kappa shape index (κ2) is 9.85. The Hall–Kier alpha value is -1.70. The van der Waals surface area contributed by atoms with E-state index in [4.69, 9.17) is 0 Å². The summed E-state index contributed by atoms with van der Waals surface area (Å²) < 4.78 is 14.1. The molecule has 0 radical (unpaired) electrons. The van der Waals surface area contributed by atoms with E-state index in [1.165, 1.54) is 0 Å². The number of aliphatic hydroxyl groups is 1. The molecule has 140 valence electrons. The van der Waals surface area contributed by atoms with E-state index >= 15 is 0 Å². The van der Waals surface area contributed by atoms with E-state index in [9.17, 15) is 14.5 Å². The molecule has 0 bridgehead atoms. The Kier molecular flexibility index (Phi) is 7.81. The first-order valence-corrected chi connectivity index (χ1v) is 11.2. The fourth-order valence-corrected chi connectivity index (χ4v) is 6.16. The van der Waals surface area contributed by atoms with E-state index in [0.29, 0.717) is 23.5 Å². The van der Waals surface area contributed by atoms with Crippen molar-refractivity contribution in [2.75, 3.05) is 0 Å². The fraction of sp³-hybridized carbons (Fsp3) is 0.409. The van der Waals surface area contributed by atoms with Crippen LogP contribution in [-0.4, -0.2) is 22.7 Å². The lowest BCUT2D eigenvalue weighted by Gasteiger charge is -2.25. The van der Waals surface area contributed by atoms with E-state index < -0.39 is 18.9 Å². The van der Waals surface area contributed by atoms with Gasteiger partial charge in [0, 0.05) is 17.0 Å². The SMILES string of the molecule is CCCCC(O)CCC(=O)C(C)P(=O)(c1ccccc1)c1ccccc1. The van der Waals surface area contributed by atoms with Crippen LogP contribution in [0.4, 0.5) is 0 Å². The van der Waals surface area contributed by atoms with Crippen molar-refractivity contribution in [1.29, 1.82) is 0 Å². The van der Waals surface area contributed by atoms with Crippen LogP contribution in [0.25, 0.3) is 0 Å². The first kappa shape index (κ1) is 20.6. The van der Waals surface area contributed by atoms with Gasteiger partial charge in [-0.05, 0) is 19.8 Å².